The number of H-pyrrole nitrogens is 1. The largest absolute Gasteiger partial charge is 0.361 e. The summed E-state index contributed by atoms with van der Waals surface area (Å²) in [6.07, 6.45) is 1.85. The molecule has 1 amide bonds. The summed E-state index contributed by atoms with van der Waals surface area (Å²) in [5, 5.41) is 9.00. The molecule has 24 heavy (non-hydrogen) atoms. The second kappa shape index (κ2) is 5.34. The van der Waals surface area contributed by atoms with Crippen LogP contribution in [0, 0.1) is 0 Å². The van der Waals surface area contributed by atoms with Crippen LogP contribution in [0.5, 0.6) is 0 Å². The molecule has 0 bridgehead atoms. The number of anilines is 1. The molecular weight excluding hydrogens is 304 g/mol. The first-order valence-corrected chi connectivity index (χ1v) is 7.48. The molecule has 0 aliphatic heterocycles. The van der Waals surface area contributed by atoms with Gasteiger partial charge in [-0.1, -0.05) is 18.2 Å². The fourth-order valence-corrected chi connectivity index (χ4v) is 2.79. The summed E-state index contributed by atoms with van der Waals surface area (Å²) in [4.78, 5) is 27.9. The second-order valence-electron chi connectivity index (χ2n) is 5.56. The van der Waals surface area contributed by atoms with Crippen molar-refractivity contribution in [3.8, 4) is 0 Å². The van der Waals surface area contributed by atoms with Crippen LogP contribution in [-0.2, 0) is 7.05 Å². The number of rotatable bonds is 2. The average Bonchev–Trinajstić information content (AvgIpc) is 3.06. The van der Waals surface area contributed by atoms with Crippen molar-refractivity contribution < 1.29 is 4.79 Å². The number of carbonyl (C=O) groups is 1. The molecule has 6 heteroatoms. The molecular formula is C18H14N4O2. The molecule has 2 aromatic carbocycles. The molecule has 2 N–H and O–H groups in total. The highest BCUT2D eigenvalue weighted by Gasteiger charge is 2.15. The van der Waals surface area contributed by atoms with Gasteiger partial charge in [-0.25, -0.2) is 4.68 Å². The van der Waals surface area contributed by atoms with Gasteiger partial charge in [0.15, 0.2) is 5.69 Å². The Labute approximate surface area is 136 Å². The van der Waals surface area contributed by atoms with Crippen LogP contribution in [0.25, 0.3) is 21.7 Å². The number of nitrogens with one attached hydrogen (secondary N) is 2. The minimum Gasteiger partial charge on any atom is -0.361 e. The third kappa shape index (κ3) is 2.25. The second-order valence-corrected chi connectivity index (χ2v) is 5.56. The Bertz CT molecular complexity index is 1140. The Morgan fingerprint density at radius 2 is 1.92 bits per heavy atom. The monoisotopic (exact) mass is 318 g/mol. The Balaban J connectivity index is 1.78. The predicted octanol–water partition coefficient (Wildman–Crippen LogP) is 2.67. The molecule has 0 saturated heterocycles. The summed E-state index contributed by atoms with van der Waals surface area (Å²) in [5.41, 5.74) is 1.67. The van der Waals surface area contributed by atoms with Crippen molar-refractivity contribution in [2.24, 2.45) is 7.05 Å². The maximum atomic E-state index is 12.7. The van der Waals surface area contributed by atoms with E-state index in [1.165, 1.54) is 11.7 Å². The van der Waals surface area contributed by atoms with Crippen molar-refractivity contribution in [3.05, 3.63) is 70.8 Å². The highest BCUT2D eigenvalue weighted by Crippen LogP contribution is 2.19. The van der Waals surface area contributed by atoms with Gasteiger partial charge >= 0.3 is 0 Å². The van der Waals surface area contributed by atoms with Crippen LogP contribution < -0.4 is 10.9 Å². The Morgan fingerprint density at radius 3 is 2.75 bits per heavy atom. The Hall–Kier alpha value is -3.41. The summed E-state index contributed by atoms with van der Waals surface area (Å²) < 4.78 is 1.19. The SMILES string of the molecule is Cn1nc(C(=O)Nc2ccc3[nH]ccc3c2)c2ccccc2c1=O. The molecule has 0 radical (unpaired) electrons. The Morgan fingerprint density at radius 1 is 1.12 bits per heavy atom. The van der Waals surface area contributed by atoms with Gasteiger partial charge in [0.25, 0.3) is 11.5 Å². The number of amides is 1. The molecule has 0 saturated carbocycles. The van der Waals surface area contributed by atoms with Gasteiger partial charge < -0.3 is 10.3 Å². The maximum absolute atomic E-state index is 12.7. The molecule has 0 aliphatic carbocycles. The van der Waals surface area contributed by atoms with Crippen molar-refractivity contribution in [2.45, 2.75) is 0 Å². The van der Waals surface area contributed by atoms with Crippen LogP contribution >= 0.6 is 0 Å². The average molecular weight is 318 g/mol. The fourth-order valence-electron chi connectivity index (χ4n) is 2.79. The van der Waals surface area contributed by atoms with Gasteiger partial charge in [-0.15, -0.1) is 0 Å². The van der Waals surface area contributed by atoms with Crippen molar-refractivity contribution >= 4 is 33.3 Å². The molecule has 0 atom stereocenters. The molecule has 0 fully saturated rings. The van der Waals surface area contributed by atoms with Crippen LogP contribution in [0.15, 0.2) is 59.5 Å². The fraction of sp³-hybridized carbons (Fsp3) is 0.0556. The molecule has 4 rings (SSSR count). The summed E-state index contributed by atoms with van der Waals surface area (Å²) >= 11 is 0. The summed E-state index contributed by atoms with van der Waals surface area (Å²) in [6, 6.07) is 14.5. The first-order chi connectivity index (χ1) is 11.6. The molecule has 118 valence electrons. The number of aromatic amines is 1. The maximum Gasteiger partial charge on any atom is 0.276 e. The van der Waals surface area contributed by atoms with Crippen molar-refractivity contribution in [1.82, 2.24) is 14.8 Å². The van der Waals surface area contributed by atoms with E-state index in [1.807, 2.05) is 30.5 Å². The highest BCUT2D eigenvalue weighted by molar-refractivity contribution is 6.11. The molecule has 0 aliphatic rings. The zero-order valence-electron chi connectivity index (χ0n) is 12.9. The van der Waals surface area contributed by atoms with Gasteiger partial charge in [0, 0.05) is 35.2 Å². The molecule has 4 aromatic rings. The van der Waals surface area contributed by atoms with Gasteiger partial charge in [-0.3, -0.25) is 9.59 Å². The standard InChI is InChI=1S/C18H14N4O2/c1-22-18(24)14-5-3-2-4-13(14)16(21-22)17(23)20-12-6-7-15-11(10-12)8-9-19-15/h2-10,19H,1H3,(H,20,23). The zero-order valence-corrected chi connectivity index (χ0v) is 12.9. The van der Waals surface area contributed by atoms with Gasteiger partial charge in [0.1, 0.15) is 0 Å². The van der Waals surface area contributed by atoms with E-state index >= 15 is 0 Å². The van der Waals surface area contributed by atoms with E-state index in [9.17, 15) is 9.59 Å². The van der Waals surface area contributed by atoms with E-state index in [0.717, 1.165) is 10.9 Å². The number of carbonyl (C=O) groups excluding carboxylic acids is 1. The molecule has 2 aromatic heterocycles. The lowest BCUT2D eigenvalue weighted by Crippen LogP contribution is -2.25. The lowest BCUT2D eigenvalue weighted by Gasteiger charge is -2.09. The van der Waals surface area contributed by atoms with E-state index in [1.54, 1.807) is 24.3 Å². The lowest BCUT2D eigenvalue weighted by atomic mass is 10.1. The van der Waals surface area contributed by atoms with Gasteiger partial charge in [-0.05, 0) is 30.3 Å². The Kier molecular flexibility index (Phi) is 3.16. The number of aromatic nitrogens is 3. The smallest absolute Gasteiger partial charge is 0.276 e. The molecule has 2 heterocycles. The lowest BCUT2D eigenvalue weighted by molar-refractivity contribution is 0.102. The zero-order chi connectivity index (χ0) is 16.7. The van der Waals surface area contributed by atoms with Gasteiger partial charge in [-0.2, -0.15) is 5.10 Å². The van der Waals surface area contributed by atoms with Gasteiger partial charge in [0.05, 0.1) is 5.39 Å². The first-order valence-electron chi connectivity index (χ1n) is 7.48. The summed E-state index contributed by atoms with van der Waals surface area (Å²) in [7, 11) is 1.54. The van der Waals surface area contributed by atoms with Crippen molar-refractivity contribution in [1.29, 1.82) is 0 Å². The summed E-state index contributed by atoms with van der Waals surface area (Å²) in [6.45, 7) is 0. The highest BCUT2D eigenvalue weighted by atomic mass is 16.2. The van der Waals surface area contributed by atoms with E-state index in [0.29, 0.717) is 16.5 Å². The number of hydrogen-bond donors (Lipinski definition) is 2. The third-order valence-electron chi connectivity index (χ3n) is 3.98. The first kappa shape index (κ1) is 14.2. The van der Waals surface area contributed by atoms with Crippen LogP contribution in [0.4, 0.5) is 5.69 Å². The normalized spacial score (nSPS) is 11.0. The third-order valence-corrected chi connectivity index (χ3v) is 3.98. The quantitative estimate of drug-likeness (QED) is 0.596. The molecule has 6 nitrogen and oxygen atoms in total. The van der Waals surface area contributed by atoms with E-state index in [4.69, 9.17) is 0 Å². The summed E-state index contributed by atoms with van der Waals surface area (Å²) in [5.74, 6) is -0.350. The van der Waals surface area contributed by atoms with Crippen LogP contribution in [0.3, 0.4) is 0 Å². The number of fused-ring (bicyclic) bond motifs is 2. The van der Waals surface area contributed by atoms with Crippen molar-refractivity contribution in [2.75, 3.05) is 5.32 Å². The number of benzene rings is 2. The molecule has 0 unspecified atom stereocenters. The number of nitrogens with zero attached hydrogens (tertiary/aromatic N) is 2. The van der Waals surface area contributed by atoms with Gasteiger partial charge in [0.2, 0.25) is 0 Å². The van der Waals surface area contributed by atoms with Crippen molar-refractivity contribution in [3.63, 3.8) is 0 Å². The minimum atomic E-state index is -0.350. The van der Waals surface area contributed by atoms with E-state index < -0.39 is 0 Å². The van der Waals surface area contributed by atoms with Crippen LogP contribution in [-0.4, -0.2) is 20.7 Å². The van der Waals surface area contributed by atoms with E-state index in [2.05, 4.69) is 15.4 Å². The minimum absolute atomic E-state index is 0.224. The number of hydrogen-bond acceptors (Lipinski definition) is 3. The predicted molar refractivity (Wildman–Crippen MR) is 93.2 cm³/mol. The van der Waals surface area contributed by atoms with E-state index in [-0.39, 0.29) is 17.2 Å². The number of aryl methyl sites for hydroxylation is 1. The molecule has 0 spiro atoms. The van der Waals surface area contributed by atoms with Crippen LogP contribution in [0.1, 0.15) is 10.5 Å². The van der Waals surface area contributed by atoms with Crippen LogP contribution in [0.2, 0.25) is 0 Å². The topological polar surface area (TPSA) is 79.8 Å².